The number of hydrogen-bond donors (Lipinski definition) is 4. The number of rotatable bonds is 5. The Hall–Kier alpha value is -3.91. The highest BCUT2D eigenvalue weighted by atomic mass is 16.3. The van der Waals surface area contributed by atoms with Gasteiger partial charge < -0.3 is 25.6 Å². The second kappa shape index (κ2) is 9.03. The van der Waals surface area contributed by atoms with E-state index in [1.807, 2.05) is 31.2 Å². The van der Waals surface area contributed by atoms with Gasteiger partial charge in [-0.25, -0.2) is 15.0 Å². The van der Waals surface area contributed by atoms with Crippen LogP contribution < -0.4 is 15.5 Å². The number of nitrogens with zero attached hydrogens (tertiary/aromatic N) is 4. The van der Waals surface area contributed by atoms with Gasteiger partial charge in [0.2, 0.25) is 0 Å². The summed E-state index contributed by atoms with van der Waals surface area (Å²) in [6.45, 7) is 4.19. The van der Waals surface area contributed by atoms with E-state index in [0.29, 0.717) is 17.2 Å². The molecule has 178 valence electrons. The first kappa shape index (κ1) is 21.6. The van der Waals surface area contributed by atoms with E-state index < -0.39 is 6.23 Å². The molecule has 2 aliphatic heterocycles. The van der Waals surface area contributed by atoms with Gasteiger partial charge in [-0.3, -0.25) is 0 Å². The van der Waals surface area contributed by atoms with Gasteiger partial charge >= 0.3 is 0 Å². The Morgan fingerprint density at radius 3 is 2.66 bits per heavy atom. The van der Waals surface area contributed by atoms with Crippen molar-refractivity contribution in [2.24, 2.45) is 0 Å². The zero-order chi connectivity index (χ0) is 23.8. The number of aliphatic hydroxyl groups is 1. The average Bonchev–Trinajstić information content (AvgIpc) is 3.32. The van der Waals surface area contributed by atoms with Gasteiger partial charge in [0.1, 0.15) is 11.6 Å². The average molecular weight is 468 g/mol. The summed E-state index contributed by atoms with van der Waals surface area (Å²) >= 11 is 0. The number of anilines is 2. The first-order valence-corrected chi connectivity index (χ1v) is 12.2. The second-order valence-corrected chi connectivity index (χ2v) is 9.19. The molecule has 6 rings (SSSR count). The Bertz CT molecular complexity index is 1370. The summed E-state index contributed by atoms with van der Waals surface area (Å²) in [6, 6.07) is 15.9. The summed E-state index contributed by atoms with van der Waals surface area (Å²) < 4.78 is 0. The minimum Gasteiger partial charge on any atom is -0.374 e. The molecule has 2 aromatic heterocycles. The molecule has 4 aromatic rings. The molecule has 4 N–H and O–H groups in total. The number of H-pyrrole nitrogens is 1. The summed E-state index contributed by atoms with van der Waals surface area (Å²) in [5.74, 6) is 1.31. The number of para-hydroxylation sites is 1. The van der Waals surface area contributed by atoms with Crippen molar-refractivity contribution in [3.05, 3.63) is 78.1 Å². The maximum Gasteiger partial charge on any atom is 0.156 e. The number of benzene rings is 2. The van der Waals surface area contributed by atoms with E-state index in [0.717, 1.165) is 41.1 Å². The van der Waals surface area contributed by atoms with Crippen molar-refractivity contribution in [1.82, 2.24) is 25.3 Å². The van der Waals surface area contributed by atoms with Crippen LogP contribution in [0.15, 0.2) is 60.9 Å². The lowest BCUT2D eigenvalue weighted by molar-refractivity contribution is 0.259. The highest BCUT2D eigenvalue weighted by Crippen LogP contribution is 2.37. The molecule has 0 bridgehead atoms. The molecule has 1 fully saturated rings. The number of nitrogens with one attached hydrogen (secondary N) is 3. The maximum atomic E-state index is 11.2. The minimum atomic E-state index is -0.932. The van der Waals surface area contributed by atoms with E-state index in [9.17, 15) is 5.11 Å². The van der Waals surface area contributed by atoms with Gasteiger partial charge in [0.05, 0.1) is 28.3 Å². The lowest BCUT2D eigenvalue weighted by atomic mass is 9.97. The van der Waals surface area contributed by atoms with Crippen LogP contribution in [0.2, 0.25) is 0 Å². The Morgan fingerprint density at radius 1 is 1.03 bits per heavy atom. The van der Waals surface area contributed by atoms with Crippen LogP contribution >= 0.6 is 0 Å². The van der Waals surface area contributed by atoms with Crippen LogP contribution in [0.4, 0.5) is 11.4 Å². The predicted octanol–water partition coefficient (Wildman–Crippen LogP) is 4.31. The molecule has 8 nitrogen and oxygen atoms in total. The highest BCUT2D eigenvalue weighted by molar-refractivity contribution is 5.98. The Balaban J connectivity index is 1.44. The number of fused-ring (bicyclic) bond motifs is 2. The standard InChI is InChI=1S/C27H29N7O/c1-17(25-28-12-7-13-29-25)30-24-19-8-3-4-9-20(19)33-27(35)23(24)26-31-21-11-10-18(16-22(21)32-26)34-14-5-2-6-15-34/h3-4,7-13,16-17,27,30,33,35H,2,5-6,14-15H2,1H3,(H,31,32)/t17-,27?/m0/s1. The van der Waals surface area contributed by atoms with Crippen LogP contribution in [0.1, 0.15) is 49.4 Å². The summed E-state index contributed by atoms with van der Waals surface area (Å²) in [5, 5.41) is 18.0. The molecule has 2 aromatic carbocycles. The third kappa shape index (κ3) is 4.10. The SMILES string of the molecule is C[C@H](NC1=C(c2nc3ccc(N4CCCCC4)cc3[nH]2)C(O)Nc2ccccc21)c1ncccn1. The Kier molecular flexibility index (Phi) is 5.58. The van der Waals surface area contributed by atoms with E-state index in [-0.39, 0.29) is 6.04 Å². The molecule has 0 spiro atoms. The van der Waals surface area contributed by atoms with Crippen LogP contribution in [0.3, 0.4) is 0 Å². The molecular weight excluding hydrogens is 438 g/mol. The fraction of sp³-hybridized carbons (Fsp3) is 0.296. The third-order valence-corrected chi connectivity index (χ3v) is 6.81. The van der Waals surface area contributed by atoms with Gasteiger partial charge in [0.25, 0.3) is 0 Å². The van der Waals surface area contributed by atoms with Crippen LogP contribution in [-0.4, -0.2) is 44.4 Å². The second-order valence-electron chi connectivity index (χ2n) is 9.19. The van der Waals surface area contributed by atoms with E-state index in [2.05, 4.69) is 48.7 Å². The normalized spacial score (nSPS) is 18.8. The third-order valence-electron chi connectivity index (χ3n) is 6.81. The quantitative estimate of drug-likeness (QED) is 0.347. The topological polar surface area (TPSA) is 102 Å². The van der Waals surface area contributed by atoms with Gasteiger partial charge in [0.15, 0.2) is 6.23 Å². The molecule has 8 heteroatoms. The monoisotopic (exact) mass is 467 g/mol. The van der Waals surface area contributed by atoms with Crippen LogP contribution in [-0.2, 0) is 0 Å². The van der Waals surface area contributed by atoms with Gasteiger partial charge in [-0.2, -0.15) is 0 Å². The molecule has 2 aliphatic rings. The molecule has 1 unspecified atom stereocenters. The molecule has 4 heterocycles. The minimum absolute atomic E-state index is 0.172. The predicted molar refractivity (Wildman–Crippen MR) is 139 cm³/mol. The number of aromatic amines is 1. The fourth-order valence-corrected chi connectivity index (χ4v) is 5.02. The van der Waals surface area contributed by atoms with Crippen molar-refractivity contribution in [2.45, 2.75) is 38.5 Å². The molecule has 0 radical (unpaired) electrons. The molecule has 2 atom stereocenters. The molecule has 0 aliphatic carbocycles. The maximum absolute atomic E-state index is 11.2. The van der Waals surface area contributed by atoms with Crippen molar-refractivity contribution in [2.75, 3.05) is 23.3 Å². The lowest BCUT2D eigenvalue weighted by Gasteiger charge is -2.30. The number of aliphatic hydroxyl groups excluding tert-OH is 1. The van der Waals surface area contributed by atoms with Crippen molar-refractivity contribution in [3.63, 3.8) is 0 Å². The Labute approximate surface area is 204 Å². The first-order valence-electron chi connectivity index (χ1n) is 12.2. The molecule has 35 heavy (non-hydrogen) atoms. The molecule has 1 saturated heterocycles. The summed E-state index contributed by atoms with van der Waals surface area (Å²) in [7, 11) is 0. The lowest BCUT2D eigenvalue weighted by Crippen LogP contribution is -2.31. The number of hydrogen-bond acceptors (Lipinski definition) is 7. The van der Waals surface area contributed by atoms with Crippen molar-refractivity contribution in [3.8, 4) is 0 Å². The first-order chi connectivity index (χ1) is 17.2. The van der Waals surface area contributed by atoms with Crippen LogP contribution in [0.5, 0.6) is 0 Å². The summed E-state index contributed by atoms with van der Waals surface area (Å²) in [6.07, 6.45) is 6.30. The van der Waals surface area contributed by atoms with Gasteiger partial charge in [-0.1, -0.05) is 18.2 Å². The van der Waals surface area contributed by atoms with Gasteiger partial charge in [0, 0.05) is 42.4 Å². The summed E-state index contributed by atoms with van der Waals surface area (Å²) in [5.41, 5.74) is 6.34. The van der Waals surface area contributed by atoms with Crippen LogP contribution in [0.25, 0.3) is 22.3 Å². The fourth-order valence-electron chi connectivity index (χ4n) is 5.02. The molecular formula is C27H29N7O. The largest absolute Gasteiger partial charge is 0.374 e. The van der Waals surface area contributed by atoms with E-state index >= 15 is 0 Å². The van der Waals surface area contributed by atoms with Gasteiger partial charge in [-0.15, -0.1) is 0 Å². The summed E-state index contributed by atoms with van der Waals surface area (Å²) in [4.78, 5) is 19.6. The number of piperidine rings is 1. The molecule has 0 amide bonds. The number of aromatic nitrogens is 4. The Morgan fingerprint density at radius 2 is 1.83 bits per heavy atom. The zero-order valence-corrected chi connectivity index (χ0v) is 19.7. The van der Waals surface area contributed by atoms with E-state index in [1.165, 1.54) is 24.9 Å². The van der Waals surface area contributed by atoms with E-state index in [4.69, 9.17) is 4.98 Å². The number of imidazole rings is 1. The van der Waals surface area contributed by atoms with Crippen molar-refractivity contribution in [1.29, 1.82) is 0 Å². The van der Waals surface area contributed by atoms with Crippen molar-refractivity contribution < 1.29 is 5.11 Å². The zero-order valence-electron chi connectivity index (χ0n) is 19.7. The molecule has 0 saturated carbocycles. The highest BCUT2D eigenvalue weighted by Gasteiger charge is 2.30. The van der Waals surface area contributed by atoms with Crippen LogP contribution in [0, 0.1) is 0 Å². The van der Waals surface area contributed by atoms with Crippen molar-refractivity contribution >= 4 is 33.7 Å². The van der Waals surface area contributed by atoms with E-state index in [1.54, 1.807) is 18.5 Å². The van der Waals surface area contributed by atoms with Gasteiger partial charge in [-0.05, 0) is 56.5 Å². The smallest absolute Gasteiger partial charge is 0.156 e.